The largest absolute Gasteiger partial charge is 0.497 e. The van der Waals surface area contributed by atoms with E-state index >= 15 is 0 Å². The maximum absolute atomic E-state index is 13.7. The van der Waals surface area contributed by atoms with Crippen LogP contribution in [0.5, 0.6) is 11.5 Å². The summed E-state index contributed by atoms with van der Waals surface area (Å²) in [6.45, 7) is 9.12. The second-order valence-corrected chi connectivity index (χ2v) is 9.40. The highest BCUT2D eigenvalue weighted by atomic mass is 32.2. The molecule has 1 saturated heterocycles. The van der Waals surface area contributed by atoms with Crippen LogP contribution in [0, 0.1) is 0 Å². The number of methoxy groups -OCH3 is 2. The van der Waals surface area contributed by atoms with E-state index in [1.165, 1.54) is 12.0 Å². The molecular formula is C26H25N3O4S2. The van der Waals surface area contributed by atoms with Gasteiger partial charge in [-0.1, -0.05) is 54.3 Å². The van der Waals surface area contributed by atoms with Gasteiger partial charge in [-0.25, -0.2) is 0 Å². The van der Waals surface area contributed by atoms with Gasteiger partial charge in [0.25, 0.3) is 11.8 Å². The van der Waals surface area contributed by atoms with Gasteiger partial charge in [0.05, 0.1) is 42.7 Å². The molecule has 35 heavy (non-hydrogen) atoms. The fourth-order valence-corrected chi connectivity index (χ4v) is 5.45. The highest BCUT2D eigenvalue weighted by Crippen LogP contribution is 2.47. The van der Waals surface area contributed by atoms with Crippen molar-refractivity contribution in [2.45, 2.75) is 0 Å². The first kappa shape index (κ1) is 24.7. The Morgan fingerprint density at radius 3 is 2.37 bits per heavy atom. The number of anilines is 2. The molecule has 0 aliphatic carbocycles. The standard InChI is InChI=1S/C26H25N3O4S2/c1-5-13-27(14-6-2)16-28-19-10-8-7-9-18(19)22(24(28)30)23-25(31)29(26(34)35-23)20-15-17(32-3)11-12-21(20)33-4/h5-12,15H,1-2,13-14,16H2,3-4H3. The summed E-state index contributed by atoms with van der Waals surface area (Å²) < 4.78 is 11.1. The predicted molar refractivity (Wildman–Crippen MR) is 145 cm³/mol. The van der Waals surface area contributed by atoms with Gasteiger partial charge in [-0.2, -0.15) is 0 Å². The van der Waals surface area contributed by atoms with Gasteiger partial charge in [0.1, 0.15) is 11.5 Å². The Balaban J connectivity index is 1.78. The lowest BCUT2D eigenvalue weighted by Crippen LogP contribution is -2.40. The van der Waals surface area contributed by atoms with Crippen LogP contribution in [0.4, 0.5) is 11.4 Å². The first-order valence-electron chi connectivity index (χ1n) is 10.8. The Labute approximate surface area is 214 Å². The Bertz CT molecular complexity index is 1250. The van der Waals surface area contributed by atoms with Gasteiger partial charge in [0, 0.05) is 24.7 Å². The molecule has 2 amide bonds. The minimum absolute atomic E-state index is 0.248. The molecule has 0 aromatic heterocycles. The second kappa shape index (κ2) is 10.5. The molecule has 4 rings (SSSR count). The second-order valence-electron chi connectivity index (χ2n) is 7.76. The van der Waals surface area contributed by atoms with Crippen LogP contribution in [0.2, 0.25) is 0 Å². The molecule has 7 nitrogen and oxygen atoms in total. The Hall–Kier alpha value is -3.40. The van der Waals surface area contributed by atoms with E-state index in [0.717, 1.165) is 17.4 Å². The molecule has 2 aliphatic heterocycles. The van der Waals surface area contributed by atoms with Crippen molar-refractivity contribution in [2.75, 3.05) is 43.8 Å². The van der Waals surface area contributed by atoms with Crippen LogP contribution in [0.3, 0.4) is 0 Å². The van der Waals surface area contributed by atoms with Crippen molar-refractivity contribution in [3.05, 3.63) is 78.2 Å². The molecule has 0 radical (unpaired) electrons. The zero-order valence-corrected chi connectivity index (χ0v) is 21.2. The summed E-state index contributed by atoms with van der Waals surface area (Å²) in [6.07, 6.45) is 3.56. The van der Waals surface area contributed by atoms with Crippen molar-refractivity contribution in [1.82, 2.24) is 4.90 Å². The third kappa shape index (κ3) is 4.50. The molecular weight excluding hydrogens is 482 g/mol. The minimum atomic E-state index is -0.374. The van der Waals surface area contributed by atoms with Gasteiger partial charge >= 0.3 is 0 Å². The average Bonchev–Trinajstić information content (AvgIpc) is 3.30. The van der Waals surface area contributed by atoms with Gasteiger partial charge in [0.15, 0.2) is 4.32 Å². The summed E-state index contributed by atoms with van der Waals surface area (Å²) >= 11 is 6.70. The van der Waals surface area contributed by atoms with E-state index in [-0.39, 0.29) is 11.8 Å². The molecule has 2 aliphatic rings. The fraction of sp³-hybridized carbons (Fsp3) is 0.192. The number of carbonyl (C=O) groups is 2. The van der Waals surface area contributed by atoms with E-state index in [9.17, 15) is 9.59 Å². The lowest BCUT2D eigenvalue weighted by atomic mass is 10.1. The van der Waals surface area contributed by atoms with Crippen LogP contribution in [-0.4, -0.2) is 55.0 Å². The van der Waals surface area contributed by atoms with Crippen molar-refractivity contribution < 1.29 is 19.1 Å². The zero-order chi connectivity index (χ0) is 25.1. The monoisotopic (exact) mass is 507 g/mol. The van der Waals surface area contributed by atoms with Gasteiger partial charge in [-0.3, -0.25) is 24.3 Å². The van der Waals surface area contributed by atoms with E-state index in [0.29, 0.717) is 57.3 Å². The van der Waals surface area contributed by atoms with Gasteiger partial charge < -0.3 is 9.47 Å². The molecule has 0 bridgehead atoms. The lowest BCUT2D eigenvalue weighted by molar-refractivity contribution is -0.115. The normalized spacial score (nSPS) is 17.3. The van der Waals surface area contributed by atoms with Crippen LogP contribution in [-0.2, 0) is 9.59 Å². The van der Waals surface area contributed by atoms with Crippen molar-refractivity contribution in [3.8, 4) is 11.5 Å². The molecule has 0 unspecified atom stereocenters. The number of benzene rings is 2. The quantitative estimate of drug-likeness (QED) is 0.282. The van der Waals surface area contributed by atoms with Crippen LogP contribution in [0.25, 0.3) is 5.57 Å². The molecule has 0 atom stereocenters. The number of fused-ring (bicyclic) bond motifs is 1. The number of hydrogen-bond acceptors (Lipinski definition) is 7. The molecule has 180 valence electrons. The summed E-state index contributed by atoms with van der Waals surface area (Å²) in [4.78, 5) is 32.8. The Kier molecular flexibility index (Phi) is 7.39. The maximum atomic E-state index is 13.7. The van der Waals surface area contributed by atoms with Crippen LogP contribution >= 0.6 is 24.0 Å². The number of ether oxygens (including phenoxy) is 2. The molecule has 0 spiro atoms. The number of hydrogen-bond donors (Lipinski definition) is 0. The first-order chi connectivity index (χ1) is 16.9. The average molecular weight is 508 g/mol. The van der Waals surface area contributed by atoms with E-state index in [1.54, 1.807) is 42.4 Å². The summed E-state index contributed by atoms with van der Waals surface area (Å²) in [5, 5.41) is 0. The topological polar surface area (TPSA) is 62.3 Å². The lowest BCUT2D eigenvalue weighted by Gasteiger charge is -2.26. The summed E-state index contributed by atoms with van der Waals surface area (Å²) in [6, 6.07) is 12.6. The third-order valence-corrected chi connectivity index (χ3v) is 7.04. The summed E-state index contributed by atoms with van der Waals surface area (Å²) in [5.74, 6) is 0.404. The van der Waals surface area contributed by atoms with Gasteiger partial charge in [-0.05, 0) is 18.2 Å². The molecule has 2 heterocycles. The van der Waals surface area contributed by atoms with Crippen molar-refractivity contribution in [2.24, 2.45) is 0 Å². The highest BCUT2D eigenvalue weighted by Gasteiger charge is 2.43. The third-order valence-electron chi connectivity index (χ3n) is 5.66. The number of rotatable bonds is 9. The highest BCUT2D eigenvalue weighted by molar-refractivity contribution is 8.27. The predicted octanol–water partition coefficient (Wildman–Crippen LogP) is 4.46. The summed E-state index contributed by atoms with van der Waals surface area (Å²) in [5.41, 5.74) is 2.26. The zero-order valence-electron chi connectivity index (χ0n) is 19.5. The van der Waals surface area contributed by atoms with E-state index in [1.807, 2.05) is 29.2 Å². The molecule has 2 aromatic rings. The number of thioether (sulfide) groups is 1. The number of amides is 2. The number of para-hydroxylation sites is 1. The Morgan fingerprint density at radius 1 is 1.00 bits per heavy atom. The summed E-state index contributed by atoms with van der Waals surface area (Å²) in [7, 11) is 3.07. The number of carbonyl (C=O) groups excluding carboxylic acids is 2. The Morgan fingerprint density at radius 2 is 1.71 bits per heavy atom. The number of nitrogens with zero attached hydrogens (tertiary/aromatic N) is 3. The number of thiocarbonyl (C=S) groups is 1. The van der Waals surface area contributed by atoms with E-state index in [4.69, 9.17) is 21.7 Å². The van der Waals surface area contributed by atoms with E-state index < -0.39 is 0 Å². The van der Waals surface area contributed by atoms with Crippen LogP contribution in [0.1, 0.15) is 5.56 Å². The van der Waals surface area contributed by atoms with Gasteiger partial charge in [0.2, 0.25) is 0 Å². The first-order valence-corrected chi connectivity index (χ1v) is 12.1. The smallest absolute Gasteiger partial charge is 0.271 e. The molecule has 0 N–H and O–H groups in total. The van der Waals surface area contributed by atoms with Crippen LogP contribution < -0.4 is 19.3 Å². The molecule has 9 heteroatoms. The van der Waals surface area contributed by atoms with Crippen LogP contribution in [0.15, 0.2) is 72.7 Å². The van der Waals surface area contributed by atoms with Crippen molar-refractivity contribution in [3.63, 3.8) is 0 Å². The fourth-order valence-electron chi connectivity index (χ4n) is 4.09. The molecule has 1 fully saturated rings. The molecule has 2 aromatic carbocycles. The SMILES string of the molecule is C=CCN(CC=C)CN1C(=O)C(=C2SC(=S)N(c3cc(OC)ccc3OC)C2=O)c2ccccc21. The maximum Gasteiger partial charge on any atom is 0.271 e. The van der Waals surface area contributed by atoms with Crippen molar-refractivity contribution in [1.29, 1.82) is 0 Å². The van der Waals surface area contributed by atoms with Gasteiger partial charge in [-0.15, -0.1) is 13.2 Å². The van der Waals surface area contributed by atoms with E-state index in [2.05, 4.69) is 13.2 Å². The van der Waals surface area contributed by atoms with Crippen molar-refractivity contribution >= 4 is 57.1 Å². The minimum Gasteiger partial charge on any atom is -0.497 e. The molecule has 0 saturated carbocycles.